The number of aromatic nitrogens is 1. The summed E-state index contributed by atoms with van der Waals surface area (Å²) in [6, 6.07) is 17.4. The number of rotatable bonds is 5. The number of anilines is 1. The van der Waals surface area contributed by atoms with Crippen LogP contribution in [0.2, 0.25) is 0 Å². The van der Waals surface area contributed by atoms with Gasteiger partial charge in [-0.05, 0) is 67.4 Å². The Labute approximate surface area is 168 Å². The molecule has 0 bridgehead atoms. The molecule has 6 nitrogen and oxygen atoms in total. The Morgan fingerprint density at radius 1 is 1.10 bits per heavy atom. The maximum atomic E-state index is 12.6. The fourth-order valence-corrected chi connectivity index (χ4v) is 2.95. The fourth-order valence-electron chi connectivity index (χ4n) is 2.95. The molecule has 144 valence electrons. The molecule has 1 amide bonds. The molecule has 0 radical (unpaired) electrons. The number of benzene rings is 2. The van der Waals surface area contributed by atoms with Gasteiger partial charge in [0.25, 0.3) is 5.91 Å². The van der Waals surface area contributed by atoms with E-state index in [1.165, 1.54) is 24.3 Å². The minimum atomic E-state index is -1.09. The number of hydrogen-bond acceptors (Lipinski definition) is 3. The summed E-state index contributed by atoms with van der Waals surface area (Å²) in [5.41, 5.74) is 4.17. The molecule has 3 aromatic rings. The molecule has 3 rings (SSSR count). The van der Waals surface area contributed by atoms with Gasteiger partial charge in [-0.25, -0.2) is 4.79 Å². The number of carboxylic acid groups (broad SMARTS) is 1. The second kappa shape index (κ2) is 8.28. The van der Waals surface area contributed by atoms with Crippen LogP contribution in [0, 0.1) is 25.2 Å². The van der Waals surface area contributed by atoms with E-state index < -0.39 is 11.9 Å². The predicted octanol–water partition coefficient (Wildman–Crippen LogP) is 4.34. The van der Waals surface area contributed by atoms with Crippen LogP contribution in [0.1, 0.15) is 27.2 Å². The zero-order chi connectivity index (χ0) is 21.0. The van der Waals surface area contributed by atoms with Gasteiger partial charge in [-0.2, -0.15) is 5.26 Å². The van der Waals surface area contributed by atoms with Crippen LogP contribution in [0.5, 0.6) is 0 Å². The van der Waals surface area contributed by atoms with Crippen LogP contribution in [0.25, 0.3) is 11.8 Å². The Bertz CT molecular complexity index is 1170. The van der Waals surface area contributed by atoms with E-state index >= 15 is 0 Å². The number of aryl methyl sites for hydroxylation is 1. The SMILES string of the molecule is Cc1cccc(-n2cccc2C=C(C#N)C(=O)Nc2cccc(C(=O)O)c2)c1C. The van der Waals surface area contributed by atoms with Gasteiger partial charge in [0.1, 0.15) is 11.6 Å². The molecule has 1 heterocycles. The van der Waals surface area contributed by atoms with Gasteiger partial charge >= 0.3 is 5.97 Å². The highest BCUT2D eigenvalue weighted by Gasteiger charge is 2.13. The first-order chi connectivity index (χ1) is 13.9. The van der Waals surface area contributed by atoms with Gasteiger partial charge < -0.3 is 15.0 Å². The van der Waals surface area contributed by atoms with Crippen LogP contribution in [-0.4, -0.2) is 21.6 Å². The van der Waals surface area contributed by atoms with Crippen molar-refractivity contribution in [2.24, 2.45) is 0 Å². The lowest BCUT2D eigenvalue weighted by Crippen LogP contribution is -2.14. The van der Waals surface area contributed by atoms with E-state index in [1.807, 2.05) is 61.0 Å². The average molecular weight is 385 g/mol. The molecule has 0 spiro atoms. The van der Waals surface area contributed by atoms with E-state index in [4.69, 9.17) is 5.11 Å². The lowest BCUT2D eigenvalue weighted by Gasteiger charge is -2.12. The largest absolute Gasteiger partial charge is 0.478 e. The highest BCUT2D eigenvalue weighted by molar-refractivity contribution is 6.09. The minimum absolute atomic E-state index is 0.0501. The lowest BCUT2D eigenvalue weighted by atomic mass is 10.1. The topological polar surface area (TPSA) is 95.1 Å². The number of amides is 1. The Balaban J connectivity index is 1.92. The fraction of sp³-hybridized carbons (Fsp3) is 0.0870. The lowest BCUT2D eigenvalue weighted by molar-refractivity contribution is -0.112. The maximum absolute atomic E-state index is 12.6. The quantitative estimate of drug-likeness (QED) is 0.504. The third-order valence-electron chi connectivity index (χ3n) is 4.64. The van der Waals surface area contributed by atoms with E-state index in [0.29, 0.717) is 11.4 Å². The van der Waals surface area contributed by atoms with Crippen molar-refractivity contribution >= 4 is 23.6 Å². The summed E-state index contributed by atoms with van der Waals surface area (Å²) in [7, 11) is 0. The molecule has 0 atom stereocenters. The van der Waals surface area contributed by atoms with Crippen molar-refractivity contribution in [3.8, 4) is 11.8 Å². The van der Waals surface area contributed by atoms with E-state index in [9.17, 15) is 14.9 Å². The monoisotopic (exact) mass is 385 g/mol. The van der Waals surface area contributed by atoms with Crippen LogP contribution < -0.4 is 5.32 Å². The van der Waals surface area contributed by atoms with E-state index in [1.54, 1.807) is 6.07 Å². The zero-order valence-electron chi connectivity index (χ0n) is 16.0. The third kappa shape index (κ3) is 4.25. The molecule has 29 heavy (non-hydrogen) atoms. The van der Waals surface area contributed by atoms with Crippen LogP contribution in [0.15, 0.2) is 66.4 Å². The predicted molar refractivity (Wildman–Crippen MR) is 111 cm³/mol. The number of aromatic carboxylic acids is 1. The average Bonchev–Trinajstić information content (AvgIpc) is 3.16. The molecule has 2 aromatic carbocycles. The third-order valence-corrected chi connectivity index (χ3v) is 4.64. The number of carboxylic acids is 1. The summed E-state index contributed by atoms with van der Waals surface area (Å²) in [5, 5.41) is 21.1. The second-order valence-corrected chi connectivity index (χ2v) is 6.53. The molecule has 0 aliphatic rings. The first-order valence-corrected chi connectivity index (χ1v) is 8.91. The normalized spacial score (nSPS) is 11.0. The molecule has 0 saturated heterocycles. The molecule has 6 heteroatoms. The maximum Gasteiger partial charge on any atom is 0.335 e. The highest BCUT2D eigenvalue weighted by Crippen LogP contribution is 2.22. The van der Waals surface area contributed by atoms with Crippen molar-refractivity contribution < 1.29 is 14.7 Å². The van der Waals surface area contributed by atoms with E-state index in [-0.39, 0.29) is 11.1 Å². The van der Waals surface area contributed by atoms with Crippen molar-refractivity contribution in [1.82, 2.24) is 4.57 Å². The second-order valence-electron chi connectivity index (χ2n) is 6.53. The summed E-state index contributed by atoms with van der Waals surface area (Å²) in [6.45, 7) is 4.04. The molecule has 0 aliphatic heterocycles. The van der Waals surface area contributed by atoms with Crippen LogP contribution in [0.4, 0.5) is 5.69 Å². The van der Waals surface area contributed by atoms with Gasteiger partial charge in [-0.1, -0.05) is 18.2 Å². The molecule has 0 aliphatic carbocycles. The Morgan fingerprint density at radius 2 is 1.86 bits per heavy atom. The van der Waals surface area contributed by atoms with E-state index in [2.05, 4.69) is 5.32 Å². The Morgan fingerprint density at radius 3 is 2.59 bits per heavy atom. The molecular weight excluding hydrogens is 366 g/mol. The molecule has 2 N–H and O–H groups in total. The summed E-state index contributed by atoms with van der Waals surface area (Å²) in [5.74, 6) is -1.70. The summed E-state index contributed by atoms with van der Waals surface area (Å²) < 4.78 is 1.91. The number of nitrogens with zero attached hydrogens (tertiary/aromatic N) is 2. The van der Waals surface area contributed by atoms with Crippen LogP contribution in [-0.2, 0) is 4.79 Å². The number of carbonyl (C=O) groups is 2. The van der Waals surface area contributed by atoms with Crippen molar-refractivity contribution in [1.29, 1.82) is 5.26 Å². The summed E-state index contributed by atoms with van der Waals surface area (Å²) in [6.07, 6.45) is 3.38. The van der Waals surface area contributed by atoms with E-state index in [0.717, 1.165) is 16.8 Å². The Hall–Kier alpha value is -4.11. The smallest absolute Gasteiger partial charge is 0.335 e. The van der Waals surface area contributed by atoms with Crippen molar-refractivity contribution in [3.05, 3.63) is 88.8 Å². The van der Waals surface area contributed by atoms with Gasteiger partial charge in [-0.3, -0.25) is 4.79 Å². The standard InChI is InChI=1S/C23H19N3O3/c1-15-6-3-10-21(16(15)2)26-11-5-9-20(26)13-18(14-24)22(27)25-19-8-4-7-17(12-19)23(28)29/h3-13H,1-2H3,(H,25,27)(H,28,29). The van der Waals surface area contributed by atoms with Gasteiger partial charge in [0.05, 0.1) is 5.56 Å². The zero-order valence-corrected chi connectivity index (χ0v) is 16.0. The van der Waals surface area contributed by atoms with Crippen molar-refractivity contribution in [2.75, 3.05) is 5.32 Å². The van der Waals surface area contributed by atoms with Gasteiger partial charge in [0, 0.05) is 23.3 Å². The van der Waals surface area contributed by atoms with Crippen molar-refractivity contribution in [3.63, 3.8) is 0 Å². The first-order valence-electron chi connectivity index (χ1n) is 8.91. The molecule has 0 unspecified atom stereocenters. The number of nitrogens with one attached hydrogen (secondary N) is 1. The molecule has 1 aromatic heterocycles. The molecular formula is C23H19N3O3. The Kier molecular flexibility index (Phi) is 5.61. The van der Waals surface area contributed by atoms with Gasteiger partial charge in [-0.15, -0.1) is 0 Å². The van der Waals surface area contributed by atoms with Crippen LogP contribution in [0.3, 0.4) is 0 Å². The number of hydrogen-bond donors (Lipinski definition) is 2. The minimum Gasteiger partial charge on any atom is -0.478 e. The number of carbonyl (C=O) groups excluding carboxylic acids is 1. The molecule has 0 saturated carbocycles. The van der Waals surface area contributed by atoms with Gasteiger partial charge in [0.15, 0.2) is 0 Å². The van der Waals surface area contributed by atoms with Crippen molar-refractivity contribution in [2.45, 2.75) is 13.8 Å². The summed E-state index contributed by atoms with van der Waals surface area (Å²) >= 11 is 0. The summed E-state index contributed by atoms with van der Waals surface area (Å²) in [4.78, 5) is 23.6. The number of nitriles is 1. The highest BCUT2D eigenvalue weighted by atomic mass is 16.4. The molecule has 0 fully saturated rings. The van der Waals surface area contributed by atoms with Gasteiger partial charge in [0.2, 0.25) is 0 Å². The van der Waals surface area contributed by atoms with Crippen LogP contribution >= 0.6 is 0 Å². The first kappa shape index (κ1) is 19.6.